The van der Waals surface area contributed by atoms with Crippen LogP contribution in [0, 0.1) is 11.3 Å². The first-order valence-corrected chi connectivity index (χ1v) is 7.01. The summed E-state index contributed by atoms with van der Waals surface area (Å²) < 4.78 is 0. The average Bonchev–Trinajstić information content (AvgIpc) is 2.82. The molecule has 5 heteroatoms. The SMILES string of the molecule is CCC(C)N(C)C(=O)N1CCC(C(=O)O)(C(C)C)C1. The highest BCUT2D eigenvalue weighted by Crippen LogP contribution is 2.38. The second-order valence-corrected chi connectivity index (χ2v) is 5.94. The number of rotatable bonds is 4. The maximum absolute atomic E-state index is 12.3. The van der Waals surface area contributed by atoms with Gasteiger partial charge in [-0.3, -0.25) is 4.79 Å². The van der Waals surface area contributed by atoms with Crippen LogP contribution in [0.1, 0.15) is 40.5 Å². The number of hydrogen-bond donors (Lipinski definition) is 1. The quantitative estimate of drug-likeness (QED) is 0.852. The summed E-state index contributed by atoms with van der Waals surface area (Å²) in [6.07, 6.45) is 1.43. The number of carbonyl (C=O) groups is 2. The molecule has 110 valence electrons. The van der Waals surface area contributed by atoms with Gasteiger partial charge in [-0.25, -0.2) is 4.79 Å². The summed E-state index contributed by atoms with van der Waals surface area (Å²) in [4.78, 5) is 27.3. The highest BCUT2D eigenvalue weighted by molar-refractivity contribution is 5.80. The fraction of sp³-hybridized carbons (Fsp3) is 0.857. The van der Waals surface area contributed by atoms with E-state index in [-0.39, 0.29) is 18.0 Å². The summed E-state index contributed by atoms with van der Waals surface area (Å²) in [7, 11) is 1.78. The minimum atomic E-state index is -0.788. The second-order valence-electron chi connectivity index (χ2n) is 5.94. The number of carboxylic acid groups (broad SMARTS) is 1. The third kappa shape index (κ3) is 2.85. The normalized spacial score (nSPS) is 24.6. The van der Waals surface area contributed by atoms with Crippen LogP contribution in [-0.2, 0) is 4.79 Å². The molecule has 0 saturated carbocycles. The van der Waals surface area contributed by atoms with Crippen molar-refractivity contribution in [3.8, 4) is 0 Å². The lowest BCUT2D eigenvalue weighted by molar-refractivity contribution is -0.150. The van der Waals surface area contributed by atoms with E-state index >= 15 is 0 Å². The summed E-state index contributed by atoms with van der Waals surface area (Å²) in [6.45, 7) is 8.72. The van der Waals surface area contributed by atoms with Crippen LogP contribution in [0.2, 0.25) is 0 Å². The predicted molar refractivity (Wildman–Crippen MR) is 74.0 cm³/mol. The monoisotopic (exact) mass is 270 g/mol. The molecule has 0 aromatic carbocycles. The van der Waals surface area contributed by atoms with Crippen molar-refractivity contribution in [2.75, 3.05) is 20.1 Å². The van der Waals surface area contributed by atoms with Crippen molar-refractivity contribution in [2.45, 2.75) is 46.6 Å². The van der Waals surface area contributed by atoms with E-state index in [1.54, 1.807) is 16.8 Å². The number of urea groups is 1. The molecule has 1 N–H and O–H groups in total. The third-order valence-corrected chi connectivity index (χ3v) is 4.66. The number of aliphatic carboxylic acids is 1. The van der Waals surface area contributed by atoms with E-state index in [1.807, 2.05) is 27.7 Å². The Morgan fingerprint density at radius 3 is 2.32 bits per heavy atom. The topological polar surface area (TPSA) is 60.9 Å². The van der Waals surface area contributed by atoms with Gasteiger partial charge in [-0.1, -0.05) is 20.8 Å². The van der Waals surface area contributed by atoms with Crippen molar-refractivity contribution in [1.82, 2.24) is 9.80 Å². The van der Waals surface area contributed by atoms with Gasteiger partial charge >= 0.3 is 12.0 Å². The number of hydrogen-bond acceptors (Lipinski definition) is 2. The molecule has 1 saturated heterocycles. The molecule has 0 bridgehead atoms. The molecule has 1 fully saturated rings. The molecule has 1 rings (SSSR count). The Morgan fingerprint density at radius 2 is 1.95 bits per heavy atom. The van der Waals surface area contributed by atoms with Crippen LogP contribution in [0.3, 0.4) is 0 Å². The molecule has 1 heterocycles. The zero-order chi connectivity index (χ0) is 14.8. The Kier molecular flexibility index (Phi) is 4.82. The molecule has 1 aliphatic heterocycles. The molecule has 0 spiro atoms. The van der Waals surface area contributed by atoms with E-state index < -0.39 is 11.4 Å². The minimum absolute atomic E-state index is 0.0247. The van der Waals surface area contributed by atoms with Gasteiger partial charge in [-0.2, -0.15) is 0 Å². The predicted octanol–water partition coefficient (Wildman–Crippen LogP) is 2.27. The Hall–Kier alpha value is -1.26. The lowest BCUT2D eigenvalue weighted by Crippen LogP contribution is -2.46. The second kappa shape index (κ2) is 5.80. The van der Waals surface area contributed by atoms with Gasteiger partial charge in [0.1, 0.15) is 0 Å². The van der Waals surface area contributed by atoms with Gasteiger partial charge < -0.3 is 14.9 Å². The molecule has 5 nitrogen and oxygen atoms in total. The number of nitrogens with zero attached hydrogens (tertiary/aromatic N) is 2. The Labute approximate surface area is 115 Å². The molecular weight excluding hydrogens is 244 g/mol. The van der Waals surface area contributed by atoms with E-state index in [9.17, 15) is 14.7 Å². The van der Waals surface area contributed by atoms with Crippen LogP contribution < -0.4 is 0 Å². The van der Waals surface area contributed by atoms with Crippen molar-refractivity contribution in [3.63, 3.8) is 0 Å². The third-order valence-electron chi connectivity index (χ3n) is 4.66. The molecule has 19 heavy (non-hydrogen) atoms. The fourth-order valence-electron chi connectivity index (χ4n) is 2.57. The van der Waals surface area contributed by atoms with Crippen molar-refractivity contribution < 1.29 is 14.7 Å². The highest BCUT2D eigenvalue weighted by atomic mass is 16.4. The summed E-state index contributed by atoms with van der Waals surface area (Å²) in [5.74, 6) is -0.763. The van der Waals surface area contributed by atoms with Crippen LogP contribution in [-0.4, -0.2) is 53.1 Å². The first-order valence-electron chi connectivity index (χ1n) is 7.01. The Morgan fingerprint density at radius 1 is 1.37 bits per heavy atom. The van der Waals surface area contributed by atoms with Gasteiger partial charge in [0.15, 0.2) is 0 Å². The number of carboxylic acids is 1. The lowest BCUT2D eigenvalue weighted by Gasteiger charge is -2.32. The van der Waals surface area contributed by atoms with Crippen LogP contribution in [0.15, 0.2) is 0 Å². The minimum Gasteiger partial charge on any atom is -0.481 e. The van der Waals surface area contributed by atoms with Crippen LogP contribution in [0.25, 0.3) is 0 Å². The molecule has 0 radical (unpaired) electrons. The number of amides is 2. The zero-order valence-corrected chi connectivity index (χ0v) is 12.6. The van der Waals surface area contributed by atoms with Gasteiger partial charge in [0.2, 0.25) is 0 Å². The van der Waals surface area contributed by atoms with Gasteiger partial charge in [0, 0.05) is 26.2 Å². The molecule has 1 aliphatic rings. The fourth-order valence-corrected chi connectivity index (χ4v) is 2.57. The molecule has 2 atom stereocenters. The molecule has 0 aromatic heterocycles. The summed E-state index contributed by atoms with van der Waals surface area (Å²) in [5, 5.41) is 9.48. The molecular formula is C14H26N2O3. The lowest BCUT2D eigenvalue weighted by atomic mass is 9.76. The van der Waals surface area contributed by atoms with E-state index in [1.165, 1.54) is 0 Å². The van der Waals surface area contributed by atoms with Gasteiger partial charge in [-0.15, -0.1) is 0 Å². The number of carbonyl (C=O) groups excluding carboxylic acids is 1. The van der Waals surface area contributed by atoms with Crippen molar-refractivity contribution >= 4 is 12.0 Å². The standard InChI is InChI=1S/C14H26N2O3/c1-6-11(4)15(5)13(19)16-8-7-14(9-16,10(2)3)12(17)18/h10-11H,6-9H2,1-5H3,(H,17,18). The maximum Gasteiger partial charge on any atom is 0.320 e. The first-order chi connectivity index (χ1) is 8.76. The largest absolute Gasteiger partial charge is 0.481 e. The first kappa shape index (κ1) is 15.8. The van der Waals surface area contributed by atoms with Crippen LogP contribution in [0.5, 0.6) is 0 Å². The number of likely N-dealkylation sites (tertiary alicyclic amines) is 1. The Bertz CT molecular complexity index is 357. The molecule has 2 unspecified atom stereocenters. The Balaban J connectivity index is 2.80. The van der Waals surface area contributed by atoms with Gasteiger partial charge in [0.25, 0.3) is 0 Å². The summed E-state index contributed by atoms with van der Waals surface area (Å²) in [5.41, 5.74) is -0.786. The maximum atomic E-state index is 12.3. The summed E-state index contributed by atoms with van der Waals surface area (Å²) >= 11 is 0. The average molecular weight is 270 g/mol. The zero-order valence-electron chi connectivity index (χ0n) is 12.6. The van der Waals surface area contributed by atoms with Crippen molar-refractivity contribution in [3.05, 3.63) is 0 Å². The van der Waals surface area contributed by atoms with E-state index in [0.717, 1.165) is 6.42 Å². The molecule has 0 aromatic rings. The summed E-state index contributed by atoms with van der Waals surface area (Å²) in [6, 6.07) is 0.115. The van der Waals surface area contributed by atoms with Crippen LogP contribution in [0.4, 0.5) is 4.79 Å². The van der Waals surface area contributed by atoms with Crippen molar-refractivity contribution in [1.29, 1.82) is 0 Å². The van der Waals surface area contributed by atoms with E-state index in [2.05, 4.69) is 0 Å². The van der Waals surface area contributed by atoms with Gasteiger partial charge in [-0.05, 0) is 25.7 Å². The van der Waals surface area contributed by atoms with Crippen LogP contribution >= 0.6 is 0 Å². The van der Waals surface area contributed by atoms with E-state index in [4.69, 9.17) is 0 Å². The molecule has 2 amide bonds. The van der Waals surface area contributed by atoms with E-state index in [0.29, 0.717) is 19.5 Å². The highest BCUT2D eigenvalue weighted by Gasteiger charge is 2.49. The van der Waals surface area contributed by atoms with Crippen molar-refractivity contribution in [2.24, 2.45) is 11.3 Å². The molecule has 0 aliphatic carbocycles. The smallest absolute Gasteiger partial charge is 0.320 e. The van der Waals surface area contributed by atoms with Gasteiger partial charge in [0.05, 0.1) is 5.41 Å².